The van der Waals surface area contributed by atoms with Crippen LogP contribution < -0.4 is 10.6 Å². The van der Waals surface area contributed by atoms with Crippen molar-refractivity contribution in [2.24, 2.45) is 0 Å². The van der Waals surface area contributed by atoms with Crippen LogP contribution in [0.15, 0.2) is 73.1 Å². The maximum absolute atomic E-state index is 14.1. The first-order valence-corrected chi connectivity index (χ1v) is 19.1. The van der Waals surface area contributed by atoms with Crippen LogP contribution in [0.3, 0.4) is 0 Å². The van der Waals surface area contributed by atoms with Gasteiger partial charge in [-0.05, 0) is 63.1 Å². The molecule has 2 aromatic carbocycles. The van der Waals surface area contributed by atoms with Crippen LogP contribution >= 0.6 is 24.8 Å². The van der Waals surface area contributed by atoms with E-state index in [9.17, 15) is 22.1 Å². The predicted octanol–water partition coefficient (Wildman–Crippen LogP) is 5.12. The van der Waals surface area contributed by atoms with Crippen LogP contribution in [0.25, 0.3) is 21.8 Å². The number of hydrogen-bond donors (Lipinski definition) is 2. The van der Waals surface area contributed by atoms with Gasteiger partial charge in [-0.15, -0.1) is 24.8 Å². The fourth-order valence-corrected chi connectivity index (χ4v) is 8.73. The van der Waals surface area contributed by atoms with Crippen molar-refractivity contribution in [3.05, 3.63) is 84.2 Å². The van der Waals surface area contributed by atoms with Crippen molar-refractivity contribution in [3.63, 3.8) is 0 Å². The van der Waals surface area contributed by atoms with Gasteiger partial charge in [-0.3, -0.25) is 20.6 Å². The Morgan fingerprint density at radius 3 is 1.88 bits per heavy atom. The van der Waals surface area contributed by atoms with E-state index < -0.39 is 36.5 Å². The van der Waals surface area contributed by atoms with Gasteiger partial charge in [-0.25, -0.2) is 16.8 Å². The van der Waals surface area contributed by atoms with Crippen molar-refractivity contribution in [3.8, 4) is 6.07 Å². The monoisotopic (exact) mass is 753 g/mol. The van der Waals surface area contributed by atoms with Gasteiger partial charge in [0.2, 0.25) is 0 Å². The van der Waals surface area contributed by atoms with Crippen molar-refractivity contribution >= 4 is 66.3 Å². The Morgan fingerprint density at radius 1 is 0.816 bits per heavy atom. The molecule has 0 aliphatic heterocycles. The third-order valence-corrected chi connectivity index (χ3v) is 11.0. The third-order valence-electron chi connectivity index (χ3n) is 7.39. The number of rotatable bonds is 18. The zero-order valence-electron chi connectivity index (χ0n) is 28.0. The van der Waals surface area contributed by atoms with Gasteiger partial charge in [0.05, 0.1) is 59.7 Å². The van der Waals surface area contributed by atoms with E-state index in [4.69, 9.17) is 9.47 Å². The molecule has 0 radical (unpaired) electrons. The molecule has 0 bridgehead atoms. The molecular weight excluding hydrogens is 709 g/mol. The number of para-hydroxylation sites is 2. The van der Waals surface area contributed by atoms with E-state index in [0.717, 1.165) is 21.8 Å². The van der Waals surface area contributed by atoms with Crippen LogP contribution in [0.5, 0.6) is 0 Å². The zero-order chi connectivity index (χ0) is 34.1. The Bertz CT molecular complexity index is 1920. The summed E-state index contributed by atoms with van der Waals surface area (Å²) in [7, 11) is -7.93. The van der Waals surface area contributed by atoms with Gasteiger partial charge in [-0.2, -0.15) is 5.26 Å². The molecule has 2 heterocycles. The fraction of sp³-hybridized carbons (Fsp3) is 0.441. The van der Waals surface area contributed by atoms with Gasteiger partial charge in [0.25, 0.3) is 0 Å². The van der Waals surface area contributed by atoms with Crippen LogP contribution in [-0.4, -0.2) is 75.6 Å². The molecule has 4 aromatic rings. The number of halogens is 2. The highest BCUT2D eigenvalue weighted by Gasteiger charge is 2.41. The number of ether oxygens (including phenoxy) is 2. The van der Waals surface area contributed by atoms with Crippen LogP contribution in [-0.2, 0) is 40.7 Å². The van der Waals surface area contributed by atoms with Gasteiger partial charge in [-0.1, -0.05) is 36.4 Å². The first kappa shape index (κ1) is 42.2. The molecule has 0 saturated carbocycles. The maximum Gasteiger partial charge on any atom is 0.170 e. The Morgan fingerprint density at radius 2 is 1.35 bits per heavy atom. The molecule has 0 aliphatic carbocycles. The molecule has 15 heteroatoms. The average Bonchev–Trinajstić information content (AvgIpc) is 3.01. The molecule has 0 aliphatic rings. The molecule has 0 amide bonds. The van der Waals surface area contributed by atoms with E-state index in [2.05, 4.69) is 20.6 Å². The SMILES string of the molecule is CC(C)OCC[C@@H](N[C@@](COC(C)C)(CS(=O)(=O)Cc1cnc2ccccc2c1)NCC#N)S(=O)(=O)Cc1cnc2ccccc2c1.Cl.Cl. The van der Waals surface area contributed by atoms with E-state index in [1.54, 1.807) is 26.0 Å². The Hall–Kier alpha value is -2.93. The van der Waals surface area contributed by atoms with E-state index >= 15 is 0 Å². The lowest BCUT2D eigenvalue weighted by molar-refractivity contribution is 0.0194. The summed E-state index contributed by atoms with van der Waals surface area (Å²) in [4.78, 5) is 8.82. The minimum Gasteiger partial charge on any atom is -0.379 e. The molecule has 2 atom stereocenters. The van der Waals surface area contributed by atoms with E-state index in [1.807, 2.05) is 68.4 Å². The molecule has 0 unspecified atom stereocenters. The second kappa shape index (κ2) is 18.9. The second-order valence-electron chi connectivity index (χ2n) is 12.2. The summed E-state index contributed by atoms with van der Waals surface area (Å²) in [5, 5.41) is 16.0. The summed E-state index contributed by atoms with van der Waals surface area (Å²) in [5.41, 5.74) is 0.821. The smallest absolute Gasteiger partial charge is 0.170 e. The number of nitrogens with zero attached hydrogens (tertiary/aromatic N) is 3. The molecular formula is C34H45Cl2N5O6S2. The number of aromatic nitrogens is 2. The van der Waals surface area contributed by atoms with Gasteiger partial charge in [0.1, 0.15) is 11.0 Å². The summed E-state index contributed by atoms with van der Waals surface area (Å²) < 4.78 is 67.7. The number of nitriles is 1. The van der Waals surface area contributed by atoms with Crippen molar-refractivity contribution in [2.45, 2.75) is 68.9 Å². The lowest BCUT2D eigenvalue weighted by atomic mass is 10.2. The lowest BCUT2D eigenvalue weighted by Crippen LogP contribution is -2.68. The van der Waals surface area contributed by atoms with E-state index in [-0.39, 0.29) is 74.7 Å². The van der Waals surface area contributed by atoms with Crippen LogP contribution in [0.1, 0.15) is 45.2 Å². The topological polar surface area (TPSA) is 160 Å². The highest BCUT2D eigenvalue weighted by Crippen LogP contribution is 2.22. The van der Waals surface area contributed by atoms with Crippen molar-refractivity contribution < 1.29 is 26.3 Å². The minimum atomic E-state index is -3.99. The van der Waals surface area contributed by atoms with Gasteiger partial charge in [0.15, 0.2) is 19.7 Å². The zero-order valence-corrected chi connectivity index (χ0v) is 31.3. The molecule has 4 rings (SSSR count). The van der Waals surface area contributed by atoms with Crippen molar-refractivity contribution in [2.75, 3.05) is 25.5 Å². The third kappa shape index (κ3) is 12.7. The average molecular weight is 755 g/mol. The van der Waals surface area contributed by atoms with Crippen LogP contribution in [0.2, 0.25) is 0 Å². The molecule has 11 nitrogen and oxygen atoms in total. The summed E-state index contributed by atoms with van der Waals surface area (Å²) in [6, 6.07) is 20.4. The highest BCUT2D eigenvalue weighted by atomic mass is 35.5. The maximum atomic E-state index is 14.1. The number of nitrogens with one attached hydrogen (secondary N) is 2. The highest BCUT2D eigenvalue weighted by molar-refractivity contribution is 7.91. The number of fused-ring (bicyclic) bond motifs is 2. The fourth-order valence-electron chi connectivity index (χ4n) is 5.26. The largest absolute Gasteiger partial charge is 0.379 e. The summed E-state index contributed by atoms with van der Waals surface area (Å²) in [6.07, 6.45) is 2.62. The Balaban J connectivity index is 0.00000417. The first-order valence-electron chi connectivity index (χ1n) is 15.5. The standard InChI is InChI=1S/C34H43N5O6S2.2ClH/c1-25(2)44-16-13-33(47(42,43)22-28-18-30-10-6-8-12-32(30)37-20-28)39-34(38-15-14-35,23-45-26(3)4)24-46(40,41)21-27-17-29-9-5-7-11-31(29)36-19-27;;/h5-12,17-20,25-26,33,38-39H,13,15-16,21-24H2,1-4H3;2*1H/t33-,34-;;/m0../s1. The van der Waals surface area contributed by atoms with Crippen molar-refractivity contribution in [1.29, 1.82) is 5.26 Å². The number of benzene rings is 2. The summed E-state index contributed by atoms with van der Waals surface area (Å²) in [5.74, 6) is -1.25. The molecule has 49 heavy (non-hydrogen) atoms. The minimum absolute atomic E-state index is 0. The van der Waals surface area contributed by atoms with Gasteiger partial charge in [0, 0.05) is 36.2 Å². The molecule has 2 aromatic heterocycles. The van der Waals surface area contributed by atoms with Crippen molar-refractivity contribution in [1.82, 2.24) is 20.6 Å². The van der Waals surface area contributed by atoms with Gasteiger partial charge < -0.3 is 9.47 Å². The molecule has 268 valence electrons. The normalized spacial score (nSPS) is 13.8. The summed E-state index contributed by atoms with van der Waals surface area (Å²) >= 11 is 0. The predicted molar refractivity (Wildman–Crippen MR) is 198 cm³/mol. The number of hydrogen-bond acceptors (Lipinski definition) is 11. The van der Waals surface area contributed by atoms with E-state index in [0.29, 0.717) is 11.1 Å². The number of sulfone groups is 2. The quantitative estimate of drug-likeness (QED) is 0.103. The Kier molecular flexibility index (Phi) is 16.3. The summed E-state index contributed by atoms with van der Waals surface area (Å²) in [6.45, 7) is 6.90. The van der Waals surface area contributed by atoms with E-state index in [1.165, 1.54) is 12.4 Å². The molecule has 2 N–H and O–H groups in total. The van der Waals surface area contributed by atoms with Crippen LogP contribution in [0, 0.1) is 11.3 Å². The lowest BCUT2D eigenvalue weighted by Gasteiger charge is -2.38. The second-order valence-corrected chi connectivity index (χ2v) is 16.5. The first-order chi connectivity index (χ1) is 22.3. The molecule has 0 spiro atoms. The van der Waals surface area contributed by atoms with Gasteiger partial charge >= 0.3 is 0 Å². The molecule has 0 saturated heterocycles. The Labute approximate surface area is 301 Å². The molecule has 0 fully saturated rings. The number of pyridine rings is 2. The van der Waals surface area contributed by atoms with Crippen LogP contribution in [0.4, 0.5) is 0 Å².